The van der Waals surface area contributed by atoms with Gasteiger partial charge in [0.05, 0.1) is 38.1 Å². The topological polar surface area (TPSA) is 73.8 Å². The third-order valence-electron chi connectivity index (χ3n) is 5.30. The third-order valence-corrected chi connectivity index (χ3v) is 6.34. The van der Waals surface area contributed by atoms with Crippen molar-refractivity contribution < 1.29 is 19.0 Å². The molecule has 0 spiro atoms. The molecule has 4 aromatic rings. The second kappa shape index (κ2) is 9.87. The number of carbonyl (C=O) groups excluding carboxylic acids is 1. The van der Waals surface area contributed by atoms with Gasteiger partial charge in [-0.25, -0.2) is 4.98 Å². The lowest BCUT2D eigenvalue weighted by Gasteiger charge is -2.21. The molecular formula is C25H25N3O4S. The van der Waals surface area contributed by atoms with Gasteiger partial charge in [-0.2, -0.15) is 0 Å². The Morgan fingerprint density at radius 2 is 1.76 bits per heavy atom. The predicted molar refractivity (Wildman–Crippen MR) is 130 cm³/mol. The molecule has 2 heterocycles. The Kier molecular flexibility index (Phi) is 6.74. The standard InChI is InChI=1S/C25H25N3O4S/c1-5-16-8-9-19-22(11-16)33-25(27-19)28(15-17-7-6-10-26-14-17)24(29)18-12-20(30-2)23(32-4)21(13-18)31-3/h6-14H,5,15H2,1-4H3. The van der Waals surface area contributed by atoms with Gasteiger partial charge in [0, 0.05) is 18.0 Å². The summed E-state index contributed by atoms with van der Waals surface area (Å²) < 4.78 is 17.3. The molecule has 0 fully saturated rings. The van der Waals surface area contributed by atoms with E-state index < -0.39 is 0 Å². The first kappa shape index (κ1) is 22.5. The molecule has 2 aromatic heterocycles. The number of nitrogens with zero attached hydrogens (tertiary/aromatic N) is 3. The van der Waals surface area contributed by atoms with E-state index in [1.807, 2.05) is 18.2 Å². The number of anilines is 1. The molecule has 0 aliphatic rings. The molecule has 0 saturated carbocycles. The number of fused-ring (bicyclic) bond motifs is 1. The van der Waals surface area contributed by atoms with Crippen LogP contribution < -0.4 is 19.1 Å². The largest absolute Gasteiger partial charge is 0.493 e. The highest BCUT2D eigenvalue weighted by Crippen LogP contribution is 2.39. The zero-order valence-electron chi connectivity index (χ0n) is 19.0. The van der Waals surface area contributed by atoms with Crippen molar-refractivity contribution >= 4 is 32.6 Å². The summed E-state index contributed by atoms with van der Waals surface area (Å²) in [6, 6.07) is 13.3. The summed E-state index contributed by atoms with van der Waals surface area (Å²) in [4.78, 5) is 24.4. The van der Waals surface area contributed by atoms with Crippen LogP contribution in [0.5, 0.6) is 17.2 Å². The number of thiazole rings is 1. The zero-order valence-corrected chi connectivity index (χ0v) is 19.8. The maximum Gasteiger partial charge on any atom is 0.260 e. The highest BCUT2D eigenvalue weighted by atomic mass is 32.1. The Balaban J connectivity index is 1.81. The Morgan fingerprint density at radius 3 is 2.36 bits per heavy atom. The molecule has 0 aliphatic heterocycles. The zero-order chi connectivity index (χ0) is 23.4. The monoisotopic (exact) mass is 463 g/mol. The van der Waals surface area contributed by atoms with Crippen LogP contribution in [0.3, 0.4) is 0 Å². The van der Waals surface area contributed by atoms with E-state index in [0.29, 0.717) is 34.5 Å². The molecule has 0 unspecified atom stereocenters. The third kappa shape index (κ3) is 4.61. The van der Waals surface area contributed by atoms with Gasteiger partial charge in [0.1, 0.15) is 0 Å². The van der Waals surface area contributed by atoms with E-state index in [4.69, 9.17) is 19.2 Å². The Bertz CT molecular complexity index is 1250. The Hall–Kier alpha value is -3.65. The van der Waals surface area contributed by atoms with Gasteiger partial charge in [0.15, 0.2) is 16.6 Å². The van der Waals surface area contributed by atoms with Crippen LogP contribution in [0.15, 0.2) is 54.9 Å². The van der Waals surface area contributed by atoms with Gasteiger partial charge in [0.25, 0.3) is 5.91 Å². The first-order valence-electron chi connectivity index (χ1n) is 10.5. The van der Waals surface area contributed by atoms with Gasteiger partial charge >= 0.3 is 0 Å². The number of aromatic nitrogens is 2. The molecule has 0 aliphatic carbocycles. The van der Waals surface area contributed by atoms with Gasteiger partial charge in [-0.05, 0) is 47.9 Å². The normalized spacial score (nSPS) is 10.8. The summed E-state index contributed by atoms with van der Waals surface area (Å²) in [5, 5.41) is 0.612. The van der Waals surface area contributed by atoms with Crippen LogP contribution in [-0.2, 0) is 13.0 Å². The van der Waals surface area contributed by atoms with E-state index >= 15 is 0 Å². The molecular weight excluding hydrogens is 438 g/mol. The van der Waals surface area contributed by atoms with Gasteiger partial charge in [-0.3, -0.25) is 14.7 Å². The van der Waals surface area contributed by atoms with Crippen LogP contribution >= 0.6 is 11.3 Å². The average molecular weight is 464 g/mol. The number of amides is 1. The first-order chi connectivity index (χ1) is 16.1. The van der Waals surface area contributed by atoms with Gasteiger partial charge in [-0.15, -0.1) is 0 Å². The van der Waals surface area contributed by atoms with Crippen molar-refractivity contribution in [1.82, 2.24) is 9.97 Å². The minimum Gasteiger partial charge on any atom is -0.493 e. The second-order valence-electron chi connectivity index (χ2n) is 7.32. The van der Waals surface area contributed by atoms with E-state index in [0.717, 1.165) is 22.2 Å². The molecule has 4 rings (SSSR count). The number of aryl methyl sites for hydroxylation is 1. The Labute approximate surface area is 196 Å². The number of benzene rings is 2. The number of pyridine rings is 1. The quantitative estimate of drug-likeness (QED) is 0.361. The van der Waals surface area contributed by atoms with Crippen molar-refractivity contribution in [3.05, 3.63) is 71.5 Å². The van der Waals surface area contributed by atoms with E-state index in [1.54, 1.807) is 29.4 Å². The molecule has 8 heteroatoms. The van der Waals surface area contributed by atoms with E-state index in [2.05, 4.69) is 24.0 Å². The molecule has 33 heavy (non-hydrogen) atoms. The lowest BCUT2D eigenvalue weighted by atomic mass is 10.1. The van der Waals surface area contributed by atoms with E-state index in [9.17, 15) is 4.79 Å². The maximum atomic E-state index is 13.8. The fourth-order valence-electron chi connectivity index (χ4n) is 3.55. The molecule has 7 nitrogen and oxygen atoms in total. The van der Waals surface area contributed by atoms with Gasteiger partial charge < -0.3 is 14.2 Å². The number of hydrogen-bond donors (Lipinski definition) is 0. The van der Waals surface area contributed by atoms with Crippen molar-refractivity contribution in [3.63, 3.8) is 0 Å². The number of rotatable bonds is 8. The molecule has 0 bridgehead atoms. The van der Waals surface area contributed by atoms with Crippen LogP contribution in [0.2, 0.25) is 0 Å². The van der Waals surface area contributed by atoms with Crippen molar-refractivity contribution in [2.24, 2.45) is 0 Å². The fraction of sp³-hybridized carbons (Fsp3) is 0.240. The average Bonchev–Trinajstić information content (AvgIpc) is 3.29. The van der Waals surface area contributed by atoms with Crippen LogP contribution in [-0.4, -0.2) is 37.2 Å². The highest BCUT2D eigenvalue weighted by molar-refractivity contribution is 7.22. The van der Waals surface area contributed by atoms with Crippen molar-refractivity contribution in [1.29, 1.82) is 0 Å². The highest BCUT2D eigenvalue weighted by Gasteiger charge is 2.25. The van der Waals surface area contributed by atoms with Crippen molar-refractivity contribution in [2.45, 2.75) is 19.9 Å². The Morgan fingerprint density at radius 1 is 1.00 bits per heavy atom. The van der Waals surface area contributed by atoms with Gasteiger partial charge in [-0.1, -0.05) is 30.4 Å². The summed E-state index contributed by atoms with van der Waals surface area (Å²) in [7, 11) is 4.58. The SMILES string of the molecule is CCc1ccc2nc(N(Cc3cccnc3)C(=O)c3cc(OC)c(OC)c(OC)c3)sc2c1. The molecule has 170 valence electrons. The molecule has 1 amide bonds. The van der Waals surface area contributed by atoms with Crippen molar-refractivity contribution in [2.75, 3.05) is 26.2 Å². The summed E-state index contributed by atoms with van der Waals surface area (Å²) >= 11 is 1.49. The van der Waals surface area contributed by atoms with Gasteiger partial charge in [0.2, 0.25) is 5.75 Å². The van der Waals surface area contributed by atoms with Crippen LogP contribution in [0.25, 0.3) is 10.2 Å². The van der Waals surface area contributed by atoms with E-state index in [-0.39, 0.29) is 5.91 Å². The van der Waals surface area contributed by atoms with Crippen LogP contribution in [0, 0.1) is 0 Å². The molecule has 0 saturated heterocycles. The minimum absolute atomic E-state index is 0.229. The number of methoxy groups -OCH3 is 3. The lowest BCUT2D eigenvalue weighted by molar-refractivity contribution is 0.0984. The smallest absolute Gasteiger partial charge is 0.260 e. The number of carbonyl (C=O) groups is 1. The lowest BCUT2D eigenvalue weighted by Crippen LogP contribution is -2.30. The first-order valence-corrected chi connectivity index (χ1v) is 11.3. The second-order valence-corrected chi connectivity index (χ2v) is 8.33. The van der Waals surface area contributed by atoms with E-state index in [1.165, 1.54) is 38.2 Å². The molecule has 0 N–H and O–H groups in total. The number of hydrogen-bond acceptors (Lipinski definition) is 7. The summed E-state index contributed by atoms with van der Waals surface area (Å²) in [5.74, 6) is 1.03. The van der Waals surface area contributed by atoms with Crippen LogP contribution in [0.4, 0.5) is 5.13 Å². The fourth-order valence-corrected chi connectivity index (χ4v) is 4.58. The number of ether oxygens (including phenoxy) is 3. The minimum atomic E-state index is -0.229. The summed E-state index contributed by atoms with van der Waals surface area (Å²) in [5.41, 5.74) is 3.39. The van der Waals surface area contributed by atoms with Crippen LogP contribution in [0.1, 0.15) is 28.4 Å². The molecule has 2 aromatic carbocycles. The molecule has 0 atom stereocenters. The maximum absolute atomic E-state index is 13.8. The van der Waals surface area contributed by atoms with Crippen molar-refractivity contribution in [3.8, 4) is 17.2 Å². The molecule has 0 radical (unpaired) electrons. The summed E-state index contributed by atoms with van der Waals surface area (Å²) in [6.45, 7) is 2.44. The summed E-state index contributed by atoms with van der Waals surface area (Å²) in [6.07, 6.45) is 4.39. The predicted octanol–water partition coefficient (Wildman–Crippen LogP) is 5.13.